The van der Waals surface area contributed by atoms with E-state index in [9.17, 15) is 4.79 Å². The number of rotatable bonds is 6. The van der Waals surface area contributed by atoms with Crippen LogP contribution in [0, 0.1) is 6.92 Å². The van der Waals surface area contributed by atoms with Crippen molar-refractivity contribution in [3.63, 3.8) is 0 Å². The van der Waals surface area contributed by atoms with Crippen LogP contribution < -0.4 is 10.6 Å². The molecule has 3 N–H and O–H groups in total. The number of para-hydroxylation sites is 1. The predicted molar refractivity (Wildman–Crippen MR) is 155 cm³/mol. The second-order valence-electron chi connectivity index (χ2n) is 9.29. The van der Waals surface area contributed by atoms with Crippen molar-refractivity contribution < 1.29 is 4.79 Å². The van der Waals surface area contributed by atoms with Crippen LogP contribution in [0.15, 0.2) is 97.1 Å². The summed E-state index contributed by atoms with van der Waals surface area (Å²) in [6.45, 7) is 4.03. The summed E-state index contributed by atoms with van der Waals surface area (Å²) in [6.07, 6.45) is 0.959. The molecule has 0 saturated carbocycles. The molecule has 0 aliphatic carbocycles. The smallest absolute Gasteiger partial charge is 0.255 e. The molecule has 0 bridgehead atoms. The average Bonchev–Trinajstić information content (AvgIpc) is 3.31. The zero-order chi connectivity index (χ0) is 26.1. The number of hydrogen-bond donors (Lipinski definition) is 3. The Kier molecular flexibility index (Phi) is 6.06. The summed E-state index contributed by atoms with van der Waals surface area (Å²) in [5.41, 5.74) is 7.36. The molecule has 6 nitrogen and oxygen atoms in total. The van der Waals surface area contributed by atoms with Crippen LogP contribution in [0.25, 0.3) is 33.1 Å². The Bertz CT molecular complexity index is 1790. The number of fused-ring (bicyclic) bond motifs is 3. The third-order valence-electron chi connectivity index (χ3n) is 6.66. The lowest BCUT2D eigenvalue weighted by Crippen LogP contribution is -2.12. The van der Waals surface area contributed by atoms with Gasteiger partial charge in [0.05, 0.1) is 5.69 Å². The van der Waals surface area contributed by atoms with E-state index in [1.807, 2.05) is 73.7 Å². The van der Waals surface area contributed by atoms with Gasteiger partial charge in [-0.25, -0.2) is 9.97 Å². The quantitative estimate of drug-likeness (QED) is 0.221. The van der Waals surface area contributed by atoms with Gasteiger partial charge in [0, 0.05) is 50.4 Å². The highest BCUT2D eigenvalue weighted by atomic mass is 16.1. The van der Waals surface area contributed by atoms with E-state index in [-0.39, 0.29) is 5.91 Å². The summed E-state index contributed by atoms with van der Waals surface area (Å²) in [4.78, 5) is 25.8. The number of nitrogens with one attached hydrogen (secondary N) is 3. The standard InChI is InChI=1S/C32H27N5O/c1-3-21-11-8-14-27-26-16-15-25(18-29(26)37-31(21)27)36-32(38)23-12-7-13-24(17-23)35-30-19-28(33-20(2)34-30)22-9-5-4-6-10-22/h4-19,37H,3H2,1-2H3,(H,36,38)(H,33,34,35). The van der Waals surface area contributed by atoms with E-state index in [0.717, 1.165) is 45.5 Å². The molecule has 6 aromatic rings. The molecule has 2 heterocycles. The number of carbonyl (C=O) groups is 1. The molecule has 0 aliphatic rings. The van der Waals surface area contributed by atoms with Gasteiger partial charge >= 0.3 is 0 Å². The fourth-order valence-electron chi connectivity index (χ4n) is 4.84. The summed E-state index contributed by atoms with van der Waals surface area (Å²) in [6, 6.07) is 31.7. The van der Waals surface area contributed by atoms with E-state index in [0.29, 0.717) is 17.2 Å². The summed E-state index contributed by atoms with van der Waals surface area (Å²) < 4.78 is 0. The molecule has 4 aromatic carbocycles. The van der Waals surface area contributed by atoms with Crippen LogP contribution in [0.3, 0.4) is 0 Å². The van der Waals surface area contributed by atoms with E-state index >= 15 is 0 Å². The topological polar surface area (TPSA) is 82.7 Å². The van der Waals surface area contributed by atoms with Crippen molar-refractivity contribution in [1.29, 1.82) is 0 Å². The Morgan fingerprint density at radius 1 is 0.816 bits per heavy atom. The van der Waals surface area contributed by atoms with Gasteiger partial charge < -0.3 is 15.6 Å². The maximum atomic E-state index is 13.1. The van der Waals surface area contributed by atoms with Gasteiger partial charge in [0.2, 0.25) is 0 Å². The van der Waals surface area contributed by atoms with Crippen molar-refractivity contribution in [3.8, 4) is 11.3 Å². The third-order valence-corrected chi connectivity index (χ3v) is 6.66. The number of carbonyl (C=O) groups excluding carboxylic acids is 1. The van der Waals surface area contributed by atoms with Crippen molar-refractivity contribution >= 4 is 44.9 Å². The maximum absolute atomic E-state index is 13.1. The number of nitrogens with zero attached hydrogens (tertiary/aromatic N) is 2. The highest BCUT2D eigenvalue weighted by Gasteiger charge is 2.12. The normalized spacial score (nSPS) is 11.1. The van der Waals surface area contributed by atoms with Gasteiger partial charge in [0.1, 0.15) is 11.6 Å². The van der Waals surface area contributed by atoms with E-state index in [4.69, 9.17) is 0 Å². The molecule has 0 spiro atoms. The minimum Gasteiger partial charge on any atom is -0.354 e. The monoisotopic (exact) mass is 497 g/mol. The molecule has 0 atom stereocenters. The lowest BCUT2D eigenvalue weighted by atomic mass is 10.1. The Balaban J connectivity index is 1.23. The fraction of sp³-hybridized carbons (Fsp3) is 0.0938. The van der Waals surface area contributed by atoms with Gasteiger partial charge in [0.15, 0.2) is 0 Å². The van der Waals surface area contributed by atoms with Crippen LogP contribution in [0.4, 0.5) is 17.2 Å². The molecular weight excluding hydrogens is 470 g/mol. The number of aromatic nitrogens is 3. The average molecular weight is 498 g/mol. The summed E-state index contributed by atoms with van der Waals surface area (Å²) in [5, 5.41) is 8.72. The zero-order valence-corrected chi connectivity index (χ0v) is 21.2. The number of hydrogen-bond acceptors (Lipinski definition) is 4. The van der Waals surface area contributed by atoms with Gasteiger partial charge in [-0.2, -0.15) is 0 Å². The SMILES string of the molecule is CCc1cccc2c1[nH]c1cc(NC(=O)c3cccc(Nc4cc(-c5ccccc5)nc(C)n4)c3)ccc12. The number of aryl methyl sites for hydroxylation is 2. The van der Waals surface area contributed by atoms with E-state index in [1.165, 1.54) is 10.9 Å². The van der Waals surface area contributed by atoms with E-state index < -0.39 is 0 Å². The molecule has 6 rings (SSSR count). The summed E-state index contributed by atoms with van der Waals surface area (Å²) in [5.74, 6) is 1.16. The van der Waals surface area contributed by atoms with Gasteiger partial charge in [-0.05, 0) is 49.2 Å². The van der Waals surface area contributed by atoms with Gasteiger partial charge in [-0.3, -0.25) is 4.79 Å². The summed E-state index contributed by atoms with van der Waals surface area (Å²) in [7, 11) is 0. The Morgan fingerprint density at radius 2 is 1.66 bits per heavy atom. The lowest BCUT2D eigenvalue weighted by Gasteiger charge is -2.11. The number of amides is 1. The minimum atomic E-state index is -0.179. The second-order valence-corrected chi connectivity index (χ2v) is 9.29. The van der Waals surface area contributed by atoms with Crippen LogP contribution in [0.2, 0.25) is 0 Å². The van der Waals surface area contributed by atoms with E-state index in [2.05, 4.69) is 56.8 Å². The fourth-order valence-corrected chi connectivity index (χ4v) is 4.84. The maximum Gasteiger partial charge on any atom is 0.255 e. The molecule has 0 fully saturated rings. The first-order valence-corrected chi connectivity index (χ1v) is 12.7. The van der Waals surface area contributed by atoms with E-state index in [1.54, 1.807) is 6.07 Å². The Hall–Kier alpha value is -4.97. The molecule has 1 amide bonds. The summed E-state index contributed by atoms with van der Waals surface area (Å²) >= 11 is 0. The first kappa shape index (κ1) is 23.4. The van der Waals surface area contributed by atoms with Gasteiger partial charge in [-0.1, -0.05) is 67.6 Å². The molecule has 186 valence electrons. The Labute approximate surface area is 220 Å². The Morgan fingerprint density at radius 3 is 2.50 bits per heavy atom. The highest BCUT2D eigenvalue weighted by Crippen LogP contribution is 2.30. The number of benzene rings is 4. The first-order valence-electron chi connectivity index (χ1n) is 12.7. The lowest BCUT2D eigenvalue weighted by molar-refractivity contribution is 0.102. The molecule has 38 heavy (non-hydrogen) atoms. The van der Waals surface area contributed by atoms with Crippen molar-refractivity contribution in [3.05, 3.63) is 114 Å². The first-order chi connectivity index (χ1) is 18.6. The van der Waals surface area contributed by atoms with Crippen molar-refractivity contribution in [2.24, 2.45) is 0 Å². The third kappa shape index (κ3) is 4.60. The number of aromatic amines is 1. The van der Waals surface area contributed by atoms with Crippen LogP contribution in [-0.4, -0.2) is 20.9 Å². The zero-order valence-electron chi connectivity index (χ0n) is 21.2. The molecule has 6 heteroatoms. The second kappa shape index (κ2) is 9.82. The minimum absolute atomic E-state index is 0.179. The molecule has 2 aromatic heterocycles. The molecule has 0 aliphatic heterocycles. The van der Waals surface area contributed by atoms with Crippen LogP contribution >= 0.6 is 0 Å². The number of H-pyrrole nitrogens is 1. The molecule has 0 saturated heterocycles. The molecule has 0 radical (unpaired) electrons. The predicted octanol–water partition coefficient (Wildman–Crippen LogP) is 7.64. The van der Waals surface area contributed by atoms with Crippen LogP contribution in [0.1, 0.15) is 28.7 Å². The molecular formula is C32H27N5O. The van der Waals surface area contributed by atoms with Crippen molar-refractivity contribution in [2.75, 3.05) is 10.6 Å². The largest absolute Gasteiger partial charge is 0.354 e. The van der Waals surface area contributed by atoms with Crippen molar-refractivity contribution in [2.45, 2.75) is 20.3 Å². The van der Waals surface area contributed by atoms with Crippen LogP contribution in [0.5, 0.6) is 0 Å². The highest BCUT2D eigenvalue weighted by molar-refractivity contribution is 6.10. The van der Waals surface area contributed by atoms with Crippen molar-refractivity contribution in [1.82, 2.24) is 15.0 Å². The van der Waals surface area contributed by atoms with Gasteiger partial charge in [-0.15, -0.1) is 0 Å². The van der Waals surface area contributed by atoms with Gasteiger partial charge in [0.25, 0.3) is 5.91 Å². The number of anilines is 3. The van der Waals surface area contributed by atoms with Crippen LogP contribution in [-0.2, 0) is 6.42 Å². The molecule has 0 unspecified atom stereocenters.